The number of thioether (sulfide) groups is 1. The highest BCUT2D eigenvalue weighted by Gasteiger charge is 2.19. The second kappa shape index (κ2) is 6.58. The molecule has 4 heteroatoms. The minimum atomic E-state index is -0.521. The molecule has 1 fully saturated rings. The van der Waals surface area contributed by atoms with Gasteiger partial charge in [-0.1, -0.05) is 12.1 Å². The lowest BCUT2D eigenvalue weighted by atomic mass is 10.2. The average molecular weight is 305 g/mol. The molecular weight excluding hydrogens is 288 g/mol. The smallest absolute Gasteiger partial charge is 0.126 e. The van der Waals surface area contributed by atoms with Crippen molar-refractivity contribution in [2.75, 3.05) is 0 Å². The second-order valence-electron chi connectivity index (χ2n) is 5.37. The van der Waals surface area contributed by atoms with E-state index in [9.17, 15) is 8.78 Å². The van der Waals surface area contributed by atoms with Crippen molar-refractivity contribution >= 4 is 11.8 Å². The lowest BCUT2D eigenvalue weighted by molar-refractivity contribution is 0.581. The first-order valence-corrected chi connectivity index (χ1v) is 8.08. The van der Waals surface area contributed by atoms with Crippen molar-refractivity contribution in [3.05, 3.63) is 65.2 Å². The van der Waals surface area contributed by atoms with Crippen LogP contribution in [0.15, 0.2) is 47.4 Å². The minimum Gasteiger partial charge on any atom is -0.310 e. The summed E-state index contributed by atoms with van der Waals surface area (Å²) in [6.45, 7) is 0.907. The van der Waals surface area contributed by atoms with Gasteiger partial charge in [0.05, 0.1) is 0 Å². The first kappa shape index (κ1) is 14.5. The van der Waals surface area contributed by atoms with Gasteiger partial charge in [0.1, 0.15) is 11.6 Å². The van der Waals surface area contributed by atoms with Crippen LogP contribution in [0.3, 0.4) is 0 Å². The summed E-state index contributed by atoms with van der Waals surface area (Å²) >= 11 is 1.58. The molecule has 0 radical (unpaired) electrons. The first-order valence-electron chi connectivity index (χ1n) is 7.09. The fourth-order valence-electron chi connectivity index (χ4n) is 2.11. The third kappa shape index (κ3) is 4.55. The largest absolute Gasteiger partial charge is 0.310 e. The molecule has 0 saturated heterocycles. The molecule has 110 valence electrons. The Morgan fingerprint density at radius 1 is 0.952 bits per heavy atom. The molecule has 0 atom stereocenters. The van der Waals surface area contributed by atoms with Gasteiger partial charge < -0.3 is 5.32 Å². The van der Waals surface area contributed by atoms with Crippen LogP contribution in [0, 0.1) is 11.6 Å². The fraction of sp³-hybridized carbons (Fsp3) is 0.294. The maximum absolute atomic E-state index is 13.1. The molecule has 2 aromatic carbocycles. The van der Waals surface area contributed by atoms with Crippen LogP contribution in [0.4, 0.5) is 8.78 Å². The molecule has 1 N–H and O–H groups in total. The highest BCUT2D eigenvalue weighted by molar-refractivity contribution is 7.98. The van der Waals surface area contributed by atoms with E-state index in [1.807, 2.05) is 0 Å². The number of nitrogens with one attached hydrogen (secondary N) is 1. The summed E-state index contributed by atoms with van der Waals surface area (Å²) in [6.07, 6.45) is 2.58. The van der Waals surface area contributed by atoms with Crippen LogP contribution in [-0.4, -0.2) is 6.04 Å². The van der Waals surface area contributed by atoms with E-state index in [2.05, 4.69) is 29.6 Å². The molecular formula is C17H17F2NS. The third-order valence-electron chi connectivity index (χ3n) is 3.42. The van der Waals surface area contributed by atoms with Gasteiger partial charge in [0.25, 0.3) is 0 Å². The van der Waals surface area contributed by atoms with Crippen molar-refractivity contribution < 1.29 is 8.78 Å². The third-order valence-corrected chi connectivity index (χ3v) is 4.51. The maximum Gasteiger partial charge on any atom is 0.126 e. The van der Waals surface area contributed by atoms with E-state index in [1.165, 1.54) is 30.5 Å². The molecule has 1 saturated carbocycles. The van der Waals surface area contributed by atoms with E-state index in [1.54, 1.807) is 11.8 Å². The Morgan fingerprint density at radius 2 is 1.62 bits per heavy atom. The molecule has 0 aromatic heterocycles. The highest BCUT2D eigenvalue weighted by atomic mass is 32.2. The standard InChI is InChI=1S/C17H17F2NS/c18-14-7-13(8-15(19)9-14)11-21-17-5-1-12(2-6-17)10-20-16-3-4-16/h1-2,5-9,16,20H,3-4,10-11H2. The Bertz CT molecular complexity index is 588. The van der Waals surface area contributed by atoms with Gasteiger partial charge in [0.15, 0.2) is 0 Å². The Labute approximate surface area is 127 Å². The number of hydrogen-bond acceptors (Lipinski definition) is 2. The van der Waals surface area contributed by atoms with Crippen molar-refractivity contribution in [3.8, 4) is 0 Å². The van der Waals surface area contributed by atoms with Crippen molar-refractivity contribution in [1.29, 1.82) is 0 Å². The minimum absolute atomic E-state index is 0.521. The highest BCUT2D eigenvalue weighted by Crippen LogP contribution is 2.24. The van der Waals surface area contributed by atoms with E-state index < -0.39 is 11.6 Å². The van der Waals surface area contributed by atoms with Gasteiger partial charge >= 0.3 is 0 Å². The van der Waals surface area contributed by atoms with Gasteiger partial charge in [0.2, 0.25) is 0 Å². The number of rotatable bonds is 6. The van der Waals surface area contributed by atoms with E-state index in [4.69, 9.17) is 0 Å². The van der Waals surface area contributed by atoms with Gasteiger partial charge in [-0.2, -0.15) is 0 Å². The van der Waals surface area contributed by atoms with Crippen molar-refractivity contribution in [1.82, 2.24) is 5.32 Å². The monoisotopic (exact) mass is 305 g/mol. The molecule has 0 bridgehead atoms. The van der Waals surface area contributed by atoms with Gasteiger partial charge in [-0.05, 0) is 48.2 Å². The normalized spacial score (nSPS) is 14.4. The average Bonchev–Trinajstić information content (AvgIpc) is 3.27. The molecule has 0 heterocycles. The zero-order valence-corrected chi connectivity index (χ0v) is 12.4. The number of benzene rings is 2. The van der Waals surface area contributed by atoms with Crippen LogP contribution in [0.5, 0.6) is 0 Å². The Kier molecular flexibility index (Phi) is 4.56. The van der Waals surface area contributed by atoms with Crippen LogP contribution >= 0.6 is 11.8 Å². The molecule has 0 spiro atoms. The quantitative estimate of drug-likeness (QED) is 0.788. The number of halogens is 2. The van der Waals surface area contributed by atoms with Crippen LogP contribution < -0.4 is 5.32 Å². The Hall–Kier alpha value is -1.39. The van der Waals surface area contributed by atoms with E-state index >= 15 is 0 Å². The molecule has 1 aliphatic carbocycles. The van der Waals surface area contributed by atoms with Crippen molar-refractivity contribution in [2.24, 2.45) is 0 Å². The molecule has 1 nitrogen and oxygen atoms in total. The summed E-state index contributed by atoms with van der Waals surface area (Å²) in [5, 5.41) is 3.47. The molecule has 3 rings (SSSR count). The molecule has 1 aliphatic rings. The Morgan fingerprint density at radius 3 is 2.24 bits per heavy atom. The summed E-state index contributed by atoms with van der Waals surface area (Å²) < 4.78 is 26.2. The maximum atomic E-state index is 13.1. The summed E-state index contributed by atoms with van der Waals surface area (Å²) in [5.74, 6) is -0.479. The fourth-order valence-corrected chi connectivity index (χ4v) is 2.94. The van der Waals surface area contributed by atoms with E-state index in [0.717, 1.165) is 17.5 Å². The van der Waals surface area contributed by atoms with Crippen molar-refractivity contribution in [2.45, 2.75) is 36.1 Å². The van der Waals surface area contributed by atoms with Gasteiger partial charge in [-0.15, -0.1) is 11.8 Å². The van der Waals surface area contributed by atoms with Gasteiger partial charge in [0, 0.05) is 29.3 Å². The predicted molar refractivity (Wildman–Crippen MR) is 82.2 cm³/mol. The molecule has 2 aromatic rings. The van der Waals surface area contributed by atoms with Crippen LogP contribution in [0.25, 0.3) is 0 Å². The molecule has 0 aliphatic heterocycles. The topological polar surface area (TPSA) is 12.0 Å². The number of hydrogen-bond donors (Lipinski definition) is 1. The predicted octanol–water partition coefficient (Wildman–Crippen LogP) is 4.51. The van der Waals surface area contributed by atoms with Crippen LogP contribution in [0.1, 0.15) is 24.0 Å². The van der Waals surface area contributed by atoms with E-state index in [-0.39, 0.29) is 0 Å². The summed E-state index contributed by atoms with van der Waals surface area (Å²) in [4.78, 5) is 1.11. The van der Waals surface area contributed by atoms with Crippen LogP contribution in [0.2, 0.25) is 0 Å². The summed E-state index contributed by atoms with van der Waals surface area (Å²) in [6, 6.07) is 12.7. The molecule has 0 unspecified atom stereocenters. The zero-order valence-electron chi connectivity index (χ0n) is 11.6. The van der Waals surface area contributed by atoms with Gasteiger partial charge in [-0.3, -0.25) is 0 Å². The summed E-state index contributed by atoms with van der Waals surface area (Å²) in [5.41, 5.74) is 1.93. The Balaban J connectivity index is 1.54. The van der Waals surface area contributed by atoms with E-state index in [0.29, 0.717) is 17.4 Å². The SMILES string of the molecule is Fc1cc(F)cc(CSc2ccc(CNC3CC3)cc2)c1. The van der Waals surface area contributed by atoms with Crippen LogP contribution in [-0.2, 0) is 12.3 Å². The molecule has 21 heavy (non-hydrogen) atoms. The van der Waals surface area contributed by atoms with Gasteiger partial charge in [-0.25, -0.2) is 8.78 Å². The zero-order chi connectivity index (χ0) is 14.7. The lowest BCUT2D eigenvalue weighted by Gasteiger charge is -2.06. The first-order chi connectivity index (χ1) is 10.2. The lowest BCUT2D eigenvalue weighted by Crippen LogP contribution is -2.14. The second-order valence-corrected chi connectivity index (χ2v) is 6.41. The summed E-state index contributed by atoms with van der Waals surface area (Å²) in [7, 11) is 0. The van der Waals surface area contributed by atoms with Crippen molar-refractivity contribution in [3.63, 3.8) is 0 Å². The molecule has 0 amide bonds.